The van der Waals surface area contributed by atoms with Gasteiger partial charge in [0, 0.05) is 11.0 Å². The average Bonchev–Trinajstić information content (AvgIpc) is 2.58. The van der Waals surface area contributed by atoms with Crippen molar-refractivity contribution < 1.29 is 13.2 Å². The summed E-state index contributed by atoms with van der Waals surface area (Å²) >= 11 is 3.33. The second-order valence-electron chi connectivity index (χ2n) is 5.84. The Morgan fingerprint density at radius 3 is 2.32 bits per heavy atom. The highest BCUT2D eigenvalue weighted by Gasteiger charge is 2.22. The van der Waals surface area contributed by atoms with Crippen LogP contribution in [0.15, 0.2) is 59.1 Å². The van der Waals surface area contributed by atoms with Crippen LogP contribution in [0, 0.1) is 0 Å². The van der Waals surface area contributed by atoms with Gasteiger partial charge in [0.1, 0.15) is 6.54 Å². The first kappa shape index (κ1) is 19.5. The number of halogens is 1. The van der Waals surface area contributed by atoms with Crippen molar-refractivity contribution in [3.63, 3.8) is 0 Å². The number of hydrogen-bond donors (Lipinski definition) is 1. The Kier molecular flexibility index (Phi) is 6.61. The van der Waals surface area contributed by atoms with Gasteiger partial charge in [-0.3, -0.25) is 9.10 Å². The molecule has 0 saturated carbocycles. The van der Waals surface area contributed by atoms with Gasteiger partial charge in [-0.2, -0.15) is 0 Å². The minimum Gasteiger partial charge on any atom is -0.354 e. The SMILES string of the molecule is C[C@@H](CNC(=O)CN(c1ccccc1Br)S(C)(=O)=O)c1ccccc1. The maximum atomic E-state index is 12.3. The van der Waals surface area contributed by atoms with Crippen LogP contribution in [-0.4, -0.2) is 33.7 Å². The molecule has 0 heterocycles. The summed E-state index contributed by atoms with van der Waals surface area (Å²) in [5, 5.41) is 2.81. The summed E-state index contributed by atoms with van der Waals surface area (Å²) in [5.41, 5.74) is 1.56. The number of rotatable bonds is 7. The third kappa shape index (κ3) is 5.57. The Labute approximate surface area is 157 Å². The molecule has 0 fully saturated rings. The molecule has 0 aliphatic carbocycles. The van der Waals surface area contributed by atoms with Crippen molar-refractivity contribution >= 4 is 37.5 Å². The second-order valence-corrected chi connectivity index (χ2v) is 8.60. The number of amides is 1. The molecule has 0 saturated heterocycles. The van der Waals surface area contributed by atoms with E-state index in [9.17, 15) is 13.2 Å². The molecular weight excluding hydrogens is 404 g/mol. The van der Waals surface area contributed by atoms with Crippen LogP contribution in [-0.2, 0) is 14.8 Å². The van der Waals surface area contributed by atoms with Gasteiger partial charge in [-0.05, 0) is 39.5 Å². The summed E-state index contributed by atoms with van der Waals surface area (Å²) in [6, 6.07) is 16.8. The fraction of sp³-hybridized carbons (Fsp3) is 0.278. The van der Waals surface area contributed by atoms with Gasteiger partial charge in [0.15, 0.2) is 0 Å². The van der Waals surface area contributed by atoms with Crippen LogP contribution >= 0.6 is 15.9 Å². The number of sulfonamides is 1. The summed E-state index contributed by atoms with van der Waals surface area (Å²) in [6.07, 6.45) is 1.09. The first-order valence-corrected chi connectivity index (χ1v) is 10.5. The fourth-order valence-corrected chi connectivity index (χ4v) is 3.87. The van der Waals surface area contributed by atoms with E-state index in [1.807, 2.05) is 37.3 Å². The van der Waals surface area contributed by atoms with Gasteiger partial charge in [-0.25, -0.2) is 8.42 Å². The normalized spacial score (nSPS) is 12.4. The van der Waals surface area contributed by atoms with Crippen molar-refractivity contribution in [3.05, 3.63) is 64.6 Å². The zero-order valence-corrected chi connectivity index (χ0v) is 16.5. The number of hydrogen-bond acceptors (Lipinski definition) is 3. The van der Waals surface area contributed by atoms with Crippen molar-refractivity contribution in [2.45, 2.75) is 12.8 Å². The zero-order valence-electron chi connectivity index (χ0n) is 14.1. The Bertz CT molecular complexity index is 825. The van der Waals surface area contributed by atoms with Crippen LogP contribution < -0.4 is 9.62 Å². The molecule has 1 amide bonds. The molecule has 0 spiro atoms. The molecule has 25 heavy (non-hydrogen) atoms. The number of para-hydroxylation sites is 1. The zero-order chi connectivity index (χ0) is 18.4. The molecule has 134 valence electrons. The number of anilines is 1. The van der Waals surface area contributed by atoms with Crippen LogP contribution in [0.1, 0.15) is 18.4 Å². The van der Waals surface area contributed by atoms with Gasteiger partial charge in [0.2, 0.25) is 15.9 Å². The molecule has 2 rings (SSSR count). The summed E-state index contributed by atoms with van der Waals surface area (Å²) in [6.45, 7) is 2.19. The van der Waals surface area contributed by atoms with Crippen molar-refractivity contribution in [2.24, 2.45) is 0 Å². The fourth-order valence-electron chi connectivity index (χ4n) is 2.39. The number of benzene rings is 2. The summed E-state index contributed by atoms with van der Waals surface area (Å²) < 4.78 is 25.9. The summed E-state index contributed by atoms with van der Waals surface area (Å²) in [5.74, 6) is -0.204. The quantitative estimate of drug-likeness (QED) is 0.741. The van der Waals surface area contributed by atoms with Crippen LogP contribution in [0.5, 0.6) is 0 Å². The highest BCUT2D eigenvalue weighted by atomic mass is 79.9. The predicted molar refractivity (Wildman–Crippen MR) is 104 cm³/mol. The smallest absolute Gasteiger partial charge is 0.240 e. The van der Waals surface area contributed by atoms with Gasteiger partial charge in [-0.1, -0.05) is 49.4 Å². The highest BCUT2D eigenvalue weighted by molar-refractivity contribution is 9.10. The number of nitrogens with one attached hydrogen (secondary N) is 1. The highest BCUT2D eigenvalue weighted by Crippen LogP contribution is 2.27. The van der Waals surface area contributed by atoms with E-state index in [0.29, 0.717) is 16.7 Å². The second kappa shape index (κ2) is 8.49. The van der Waals surface area contributed by atoms with Crippen LogP contribution in [0.3, 0.4) is 0 Å². The minimum absolute atomic E-state index is 0.139. The molecule has 0 aromatic heterocycles. The first-order valence-electron chi connectivity index (χ1n) is 7.83. The molecule has 7 heteroatoms. The van der Waals surface area contributed by atoms with Crippen molar-refractivity contribution in [1.82, 2.24) is 5.32 Å². The molecule has 2 aromatic carbocycles. The molecule has 1 N–H and O–H groups in total. The number of nitrogens with zero attached hydrogens (tertiary/aromatic N) is 1. The minimum atomic E-state index is -3.58. The largest absolute Gasteiger partial charge is 0.354 e. The lowest BCUT2D eigenvalue weighted by molar-refractivity contribution is -0.119. The molecule has 2 aromatic rings. The monoisotopic (exact) mass is 424 g/mol. The number of carbonyl (C=O) groups excluding carboxylic acids is 1. The Balaban J connectivity index is 2.05. The Hall–Kier alpha value is -1.86. The van der Waals surface area contributed by atoms with Gasteiger partial charge < -0.3 is 5.32 Å². The first-order chi connectivity index (χ1) is 11.8. The van der Waals surface area contributed by atoms with E-state index in [-0.39, 0.29) is 18.4 Å². The lowest BCUT2D eigenvalue weighted by Gasteiger charge is -2.23. The van der Waals surface area contributed by atoms with Crippen LogP contribution in [0.25, 0.3) is 0 Å². The molecule has 1 atom stereocenters. The molecule has 0 aliphatic rings. The maximum Gasteiger partial charge on any atom is 0.240 e. The third-order valence-corrected chi connectivity index (χ3v) is 5.58. The van der Waals surface area contributed by atoms with Crippen LogP contribution in [0.2, 0.25) is 0 Å². The van der Waals surface area contributed by atoms with Crippen molar-refractivity contribution in [3.8, 4) is 0 Å². The summed E-state index contributed by atoms with van der Waals surface area (Å²) in [4.78, 5) is 12.3. The van der Waals surface area contributed by atoms with E-state index in [4.69, 9.17) is 0 Å². The molecule has 0 unspecified atom stereocenters. The van der Waals surface area contributed by atoms with Gasteiger partial charge in [-0.15, -0.1) is 0 Å². The molecule has 0 radical (unpaired) electrons. The maximum absolute atomic E-state index is 12.3. The number of carbonyl (C=O) groups is 1. The lowest BCUT2D eigenvalue weighted by atomic mass is 10.0. The van der Waals surface area contributed by atoms with Gasteiger partial charge >= 0.3 is 0 Å². The van der Waals surface area contributed by atoms with E-state index in [0.717, 1.165) is 16.1 Å². The van der Waals surface area contributed by atoms with E-state index < -0.39 is 10.0 Å². The van der Waals surface area contributed by atoms with E-state index in [1.54, 1.807) is 24.3 Å². The lowest BCUT2D eigenvalue weighted by Crippen LogP contribution is -2.41. The van der Waals surface area contributed by atoms with E-state index in [1.165, 1.54) is 0 Å². The molecular formula is C18H21BrN2O3S. The van der Waals surface area contributed by atoms with E-state index in [2.05, 4.69) is 21.2 Å². The Morgan fingerprint density at radius 2 is 1.72 bits per heavy atom. The van der Waals surface area contributed by atoms with Gasteiger partial charge in [0.05, 0.1) is 11.9 Å². The predicted octanol–water partition coefficient (Wildman–Crippen LogP) is 3.14. The molecule has 0 bridgehead atoms. The van der Waals surface area contributed by atoms with Gasteiger partial charge in [0.25, 0.3) is 0 Å². The molecule has 0 aliphatic heterocycles. The topological polar surface area (TPSA) is 66.5 Å². The Morgan fingerprint density at radius 1 is 1.12 bits per heavy atom. The third-order valence-electron chi connectivity index (χ3n) is 3.78. The standard InChI is InChI=1S/C18H21BrN2O3S/c1-14(15-8-4-3-5-9-15)12-20-18(22)13-21(25(2,23)24)17-11-7-6-10-16(17)19/h3-11,14H,12-13H2,1-2H3,(H,20,22)/t14-/m0/s1. The van der Waals surface area contributed by atoms with Crippen molar-refractivity contribution in [2.75, 3.05) is 23.7 Å². The van der Waals surface area contributed by atoms with E-state index >= 15 is 0 Å². The average molecular weight is 425 g/mol. The van der Waals surface area contributed by atoms with Crippen LogP contribution in [0.4, 0.5) is 5.69 Å². The van der Waals surface area contributed by atoms with Crippen molar-refractivity contribution in [1.29, 1.82) is 0 Å². The summed E-state index contributed by atoms with van der Waals surface area (Å²) in [7, 11) is -3.58. The molecule has 5 nitrogen and oxygen atoms in total.